The van der Waals surface area contributed by atoms with E-state index in [1.54, 1.807) is 28.4 Å². The minimum absolute atomic E-state index is 0.152. The van der Waals surface area contributed by atoms with Crippen molar-refractivity contribution >= 4 is 0 Å². The summed E-state index contributed by atoms with van der Waals surface area (Å²) in [4.78, 5) is 4.98. The first kappa shape index (κ1) is 47.7. The first-order chi connectivity index (χ1) is 34.0. The number of benzene rings is 6. The number of ether oxygens (including phenoxy) is 8. The molecule has 0 unspecified atom stereocenters. The normalized spacial score (nSPS) is 19.9. The lowest BCUT2D eigenvalue weighted by Crippen LogP contribution is -2.33. The molecule has 10 nitrogen and oxygen atoms in total. The van der Waals surface area contributed by atoms with Crippen molar-refractivity contribution in [2.45, 2.75) is 55.8 Å². The molecule has 6 aromatic carbocycles. The van der Waals surface area contributed by atoms with Gasteiger partial charge in [0.25, 0.3) is 0 Å². The van der Waals surface area contributed by atoms with Crippen LogP contribution in [0.15, 0.2) is 133 Å². The van der Waals surface area contributed by atoms with Crippen LogP contribution in [-0.2, 0) is 0 Å². The van der Waals surface area contributed by atoms with Crippen molar-refractivity contribution in [1.29, 1.82) is 0 Å². The van der Waals surface area contributed by atoms with Crippen LogP contribution >= 0.6 is 0 Å². The molecule has 10 heteroatoms. The maximum absolute atomic E-state index is 6.24. The van der Waals surface area contributed by atoms with Crippen LogP contribution in [0.4, 0.5) is 0 Å². The Hall–Kier alpha value is -6.36. The number of fused-ring (bicyclic) bond motifs is 2. The van der Waals surface area contributed by atoms with Gasteiger partial charge in [0.05, 0.1) is 41.7 Å². The number of hydrogen-bond acceptors (Lipinski definition) is 10. The molecular weight excluding hydrogens is 865 g/mol. The van der Waals surface area contributed by atoms with Crippen LogP contribution in [0, 0.1) is 0 Å². The summed E-state index contributed by atoms with van der Waals surface area (Å²) in [5.74, 6) is 7.57. The Morgan fingerprint density at radius 2 is 0.783 bits per heavy atom. The molecule has 0 saturated carbocycles. The van der Waals surface area contributed by atoms with Crippen molar-refractivity contribution < 1.29 is 37.9 Å². The highest BCUT2D eigenvalue weighted by Crippen LogP contribution is 2.49. The van der Waals surface area contributed by atoms with E-state index >= 15 is 0 Å². The Balaban J connectivity index is 0.000000172. The summed E-state index contributed by atoms with van der Waals surface area (Å²) in [6.07, 6.45) is 6.59. The Morgan fingerprint density at radius 3 is 1.19 bits per heavy atom. The lowest BCUT2D eigenvalue weighted by molar-refractivity contribution is 0.183. The van der Waals surface area contributed by atoms with E-state index < -0.39 is 0 Å². The summed E-state index contributed by atoms with van der Waals surface area (Å²) in [7, 11) is 6.78. The second-order valence-corrected chi connectivity index (χ2v) is 18.4. The number of nitrogens with zero attached hydrogens (tertiary/aromatic N) is 2. The fraction of sp³-hybridized carbons (Fsp3) is 0.390. The molecular formula is C59H68N2O8. The Morgan fingerprint density at radius 1 is 0.406 bits per heavy atom. The third kappa shape index (κ3) is 11.7. The zero-order valence-corrected chi connectivity index (χ0v) is 40.8. The summed E-state index contributed by atoms with van der Waals surface area (Å²) in [5, 5.41) is 0. The van der Waals surface area contributed by atoms with Crippen molar-refractivity contribution in [3.8, 4) is 46.0 Å². The number of likely N-dealkylation sites (tertiary alicyclic amines) is 2. The maximum atomic E-state index is 6.24. The average molecular weight is 933 g/mol. The van der Waals surface area contributed by atoms with Gasteiger partial charge >= 0.3 is 0 Å². The molecule has 4 aliphatic heterocycles. The molecule has 0 radical (unpaired) electrons. The van der Waals surface area contributed by atoms with E-state index in [9.17, 15) is 0 Å². The molecule has 4 atom stereocenters. The van der Waals surface area contributed by atoms with Gasteiger partial charge in [-0.2, -0.15) is 0 Å². The van der Waals surface area contributed by atoms with Gasteiger partial charge in [-0.1, -0.05) is 67.1 Å². The first-order valence-corrected chi connectivity index (χ1v) is 24.8. The molecule has 2 saturated heterocycles. The molecule has 0 N–H and O–H groups in total. The fourth-order valence-electron chi connectivity index (χ4n) is 10.5. The standard InChI is InChI=1S/C30H35NO4.C29H33NO4/c1-32-25-8-6-7-23(19-25)28-21-35-29-20-26(33-2)13-14-27(29)30(28)22-9-11-24(12-10-22)34-18-17-31-15-4-3-5-16-31;1-31-24-7-5-6-22(18-24)27-20-34-28-19-25(32-2)12-13-26(28)29(27)21-8-10-23(11-9-21)33-17-16-30-14-3-4-15-30/h6-14,19-20,28,30H,3-5,15-18,21H2,1-2H3;5-13,18-19,27,29H,3-4,14-17,20H2,1-2H3/t28-,30-;27-,29-/m00/s1. The van der Waals surface area contributed by atoms with Crippen LogP contribution in [-0.4, -0.2) is 104 Å². The van der Waals surface area contributed by atoms with Crippen LogP contribution in [0.2, 0.25) is 0 Å². The van der Waals surface area contributed by atoms with Crippen molar-refractivity contribution in [2.75, 3.05) is 94.1 Å². The van der Waals surface area contributed by atoms with Crippen LogP contribution in [0.1, 0.15) is 89.2 Å². The smallest absolute Gasteiger partial charge is 0.126 e. The van der Waals surface area contributed by atoms with Crippen LogP contribution < -0.4 is 37.9 Å². The maximum Gasteiger partial charge on any atom is 0.126 e. The number of hydrogen-bond donors (Lipinski definition) is 0. The number of rotatable bonds is 16. The summed E-state index contributed by atoms with van der Waals surface area (Å²) in [6, 6.07) is 46.1. The third-order valence-corrected chi connectivity index (χ3v) is 14.3. The van der Waals surface area contributed by atoms with Gasteiger partial charge in [0.1, 0.15) is 59.2 Å². The van der Waals surface area contributed by atoms with Crippen LogP contribution in [0.25, 0.3) is 0 Å². The number of piperidine rings is 1. The molecule has 4 aliphatic rings. The van der Waals surface area contributed by atoms with Gasteiger partial charge in [-0.25, -0.2) is 0 Å². The minimum atomic E-state index is 0.152. The molecule has 0 spiro atoms. The Labute approximate surface area is 409 Å². The molecule has 10 rings (SSSR count). The lowest BCUT2D eigenvalue weighted by Gasteiger charge is -2.35. The van der Waals surface area contributed by atoms with E-state index in [-0.39, 0.29) is 23.7 Å². The van der Waals surface area contributed by atoms with E-state index in [1.165, 1.54) is 91.7 Å². The Kier molecular flexibility index (Phi) is 16.1. The van der Waals surface area contributed by atoms with Gasteiger partial charge in [0, 0.05) is 60.0 Å². The zero-order chi connectivity index (χ0) is 47.4. The van der Waals surface area contributed by atoms with Gasteiger partial charge in [0.15, 0.2) is 0 Å². The van der Waals surface area contributed by atoms with Gasteiger partial charge in [0.2, 0.25) is 0 Å². The summed E-state index contributed by atoms with van der Waals surface area (Å²) >= 11 is 0. The summed E-state index contributed by atoms with van der Waals surface area (Å²) in [5.41, 5.74) is 7.24. The third-order valence-electron chi connectivity index (χ3n) is 14.3. The molecule has 4 heterocycles. The SMILES string of the molecule is COc1cccc([C@@H]2COc3cc(OC)ccc3[C@@H]2c2ccc(OCCN3CCCC3)cc2)c1.COc1cccc([C@@H]2COc3cc(OC)ccc3[C@@H]2c2ccc(OCCN3CCCCC3)cc2)c1. The van der Waals surface area contributed by atoms with Crippen LogP contribution in [0.5, 0.6) is 46.0 Å². The summed E-state index contributed by atoms with van der Waals surface area (Å²) in [6.45, 7) is 9.41. The Bertz CT molecular complexity index is 2550. The quantitative estimate of drug-likeness (QED) is 0.0936. The van der Waals surface area contributed by atoms with E-state index in [0.29, 0.717) is 13.2 Å². The second-order valence-electron chi connectivity index (χ2n) is 18.4. The first-order valence-electron chi connectivity index (χ1n) is 24.8. The van der Waals surface area contributed by atoms with Gasteiger partial charge in [-0.15, -0.1) is 0 Å². The van der Waals surface area contributed by atoms with E-state index in [0.717, 1.165) is 72.3 Å². The van der Waals surface area contributed by atoms with Gasteiger partial charge < -0.3 is 37.9 Å². The molecule has 0 amide bonds. The van der Waals surface area contributed by atoms with E-state index in [2.05, 4.69) is 94.7 Å². The van der Waals surface area contributed by atoms with Crippen LogP contribution in [0.3, 0.4) is 0 Å². The zero-order valence-electron chi connectivity index (χ0n) is 40.8. The molecule has 2 fully saturated rings. The predicted octanol–water partition coefficient (Wildman–Crippen LogP) is 11.4. The largest absolute Gasteiger partial charge is 0.497 e. The molecule has 6 aromatic rings. The molecule has 0 aliphatic carbocycles. The predicted molar refractivity (Wildman–Crippen MR) is 272 cm³/mol. The topological polar surface area (TPSA) is 80.3 Å². The minimum Gasteiger partial charge on any atom is -0.497 e. The van der Waals surface area contributed by atoms with Crippen molar-refractivity contribution in [1.82, 2.24) is 9.80 Å². The molecule has 0 aromatic heterocycles. The van der Waals surface area contributed by atoms with E-state index in [4.69, 9.17) is 37.9 Å². The van der Waals surface area contributed by atoms with Crippen molar-refractivity contribution in [3.63, 3.8) is 0 Å². The van der Waals surface area contributed by atoms with Crippen molar-refractivity contribution in [2.24, 2.45) is 0 Å². The molecule has 69 heavy (non-hydrogen) atoms. The van der Waals surface area contributed by atoms with E-state index in [1.807, 2.05) is 48.5 Å². The second kappa shape index (κ2) is 23.3. The summed E-state index contributed by atoms with van der Waals surface area (Å²) < 4.78 is 46.5. The number of methoxy groups -OCH3 is 4. The molecule has 0 bridgehead atoms. The van der Waals surface area contributed by atoms with Gasteiger partial charge in [-0.05, 0) is 135 Å². The fourth-order valence-corrected chi connectivity index (χ4v) is 10.5. The highest BCUT2D eigenvalue weighted by molar-refractivity contribution is 5.53. The average Bonchev–Trinajstić information content (AvgIpc) is 3.94. The van der Waals surface area contributed by atoms with Crippen molar-refractivity contribution in [3.05, 3.63) is 167 Å². The molecule has 362 valence electrons. The highest BCUT2D eigenvalue weighted by atomic mass is 16.5. The highest BCUT2D eigenvalue weighted by Gasteiger charge is 2.35. The lowest BCUT2D eigenvalue weighted by atomic mass is 9.76. The van der Waals surface area contributed by atoms with Gasteiger partial charge in [-0.3, -0.25) is 9.80 Å². The monoisotopic (exact) mass is 932 g/mol.